The van der Waals surface area contributed by atoms with Crippen LogP contribution in [0.4, 0.5) is 11.4 Å². The van der Waals surface area contributed by atoms with Crippen LogP contribution in [0.25, 0.3) is 0 Å². The lowest BCUT2D eigenvalue weighted by atomic mass is 10.1. The molecule has 2 N–H and O–H groups in total. The molecule has 0 radical (unpaired) electrons. The molecule has 0 aliphatic heterocycles. The van der Waals surface area contributed by atoms with E-state index in [0.29, 0.717) is 34.3 Å². The van der Waals surface area contributed by atoms with Gasteiger partial charge in [-0.05, 0) is 51.0 Å². The maximum absolute atomic E-state index is 12.7. The molecular weight excluding hydrogens is 456 g/mol. The van der Waals surface area contributed by atoms with Crippen LogP contribution in [0.3, 0.4) is 0 Å². The van der Waals surface area contributed by atoms with E-state index in [1.54, 1.807) is 13.0 Å². The zero-order valence-corrected chi connectivity index (χ0v) is 20.2. The van der Waals surface area contributed by atoms with Crippen LogP contribution in [0, 0.1) is 24.0 Å². The highest BCUT2D eigenvalue weighted by molar-refractivity contribution is 7.99. The summed E-state index contributed by atoms with van der Waals surface area (Å²) < 4.78 is 1.86. The molecule has 0 saturated carbocycles. The van der Waals surface area contributed by atoms with Crippen molar-refractivity contribution in [1.29, 1.82) is 0 Å². The molecule has 10 nitrogen and oxygen atoms in total. The van der Waals surface area contributed by atoms with E-state index in [1.807, 2.05) is 43.5 Å². The van der Waals surface area contributed by atoms with Crippen LogP contribution >= 0.6 is 11.8 Å². The number of aromatic nitrogens is 3. The number of carbonyl (C=O) groups is 2. The Morgan fingerprint density at radius 1 is 1.15 bits per heavy atom. The average molecular weight is 483 g/mol. The Kier molecular flexibility index (Phi) is 8.00. The van der Waals surface area contributed by atoms with Gasteiger partial charge < -0.3 is 15.2 Å². The van der Waals surface area contributed by atoms with Gasteiger partial charge in [-0.1, -0.05) is 30.0 Å². The van der Waals surface area contributed by atoms with E-state index in [-0.39, 0.29) is 29.3 Å². The number of thioether (sulfide) groups is 1. The molecule has 0 bridgehead atoms. The Morgan fingerprint density at radius 3 is 2.53 bits per heavy atom. The summed E-state index contributed by atoms with van der Waals surface area (Å²) in [5, 5.41) is 25.6. The lowest BCUT2D eigenvalue weighted by molar-refractivity contribution is -0.384. The fourth-order valence-corrected chi connectivity index (χ4v) is 4.22. The number of hydrogen-bond donors (Lipinski definition) is 2. The second kappa shape index (κ2) is 10.9. The molecule has 1 atom stereocenters. The molecule has 0 fully saturated rings. The summed E-state index contributed by atoms with van der Waals surface area (Å²) in [5.74, 6) is 0.218. The zero-order valence-electron chi connectivity index (χ0n) is 19.4. The summed E-state index contributed by atoms with van der Waals surface area (Å²) in [6.45, 7) is 7.92. The van der Waals surface area contributed by atoms with Crippen molar-refractivity contribution in [3.05, 3.63) is 75.1 Å². The van der Waals surface area contributed by atoms with Gasteiger partial charge in [-0.3, -0.25) is 19.7 Å². The highest BCUT2D eigenvalue weighted by Crippen LogP contribution is 2.24. The van der Waals surface area contributed by atoms with Crippen LogP contribution < -0.4 is 10.6 Å². The van der Waals surface area contributed by atoms with E-state index < -0.39 is 4.92 Å². The number of rotatable bonds is 9. The molecule has 0 saturated heterocycles. The van der Waals surface area contributed by atoms with E-state index in [1.165, 1.54) is 30.0 Å². The largest absolute Gasteiger partial charge is 0.342 e. The van der Waals surface area contributed by atoms with Gasteiger partial charge in [0.2, 0.25) is 5.91 Å². The zero-order chi connectivity index (χ0) is 24.8. The third-order valence-electron chi connectivity index (χ3n) is 5.21. The number of hydrogen-bond acceptors (Lipinski definition) is 7. The summed E-state index contributed by atoms with van der Waals surface area (Å²) in [7, 11) is 0. The van der Waals surface area contributed by atoms with Crippen molar-refractivity contribution in [2.75, 3.05) is 11.1 Å². The van der Waals surface area contributed by atoms with Crippen LogP contribution in [0.15, 0.2) is 47.6 Å². The van der Waals surface area contributed by atoms with Gasteiger partial charge in [0, 0.05) is 29.9 Å². The molecular formula is C23H26N6O4S. The summed E-state index contributed by atoms with van der Waals surface area (Å²) in [5.41, 5.74) is 2.57. The minimum absolute atomic E-state index is 0.0305. The normalized spacial score (nSPS) is 11.6. The van der Waals surface area contributed by atoms with Gasteiger partial charge in [-0.15, -0.1) is 10.2 Å². The molecule has 0 spiro atoms. The number of amides is 2. The molecule has 178 valence electrons. The van der Waals surface area contributed by atoms with Gasteiger partial charge in [0.1, 0.15) is 0 Å². The Balaban J connectivity index is 1.64. The molecule has 1 aromatic heterocycles. The summed E-state index contributed by atoms with van der Waals surface area (Å²) in [6, 6.07) is 11.2. The van der Waals surface area contributed by atoms with Crippen LogP contribution in [0.1, 0.15) is 47.2 Å². The quantitative estimate of drug-likeness (QED) is 0.267. The number of nitro groups is 1. The highest BCUT2D eigenvalue weighted by atomic mass is 32.2. The molecule has 0 aliphatic carbocycles. The van der Waals surface area contributed by atoms with Gasteiger partial charge in [-0.2, -0.15) is 0 Å². The topological polar surface area (TPSA) is 132 Å². The maximum Gasteiger partial charge on any atom is 0.269 e. The lowest BCUT2D eigenvalue weighted by Gasteiger charge is -2.16. The third-order valence-corrected chi connectivity index (χ3v) is 6.18. The standard InChI is InChI=1S/C23H26N6O4S/c1-5-28-21(16(4)24-22(31)18-9-7-6-8-14(18)2)26-27-23(28)34-13-20(30)25-19-11-10-17(29(32)33)12-15(19)3/h6-12,16H,5,13H2,1-4H3,(H,24,31)(H,25,30)/t16-/m0/s1. The first-order chi connectivity index (χ1) is 16.2. The fourth-order valence-electron chi connectivity index (χ4n) is 3.41. The lowest BCUT2D eigenvalue weighted by Crippen LogP contribution is -2.29. The minimum atomic E-state index is -0.478. The number of nitro benzene ring substituents is 1. The number of nitrogens with zero attached hydrogens (tertiary/aromatic N) is 4. The number of benzene rings is 2. The van der Waals surface area contributed by atoms with E-state index in [2.05, 4.69) is 20.8 Å². The molecule has 3 aromatic rings. The first-order valence-electron chi connectivity index (χ1n) is 10.7. The van der Waals surface area contributed by atoms with Crippen LogP contribution in [-0.4, -0.2) is 37.3 Å². The van der Waals surface area contributed by atoms with Crippen LogP contribution in [0.5, 0.6) is 0 Å². The van der Waals surface area contributed by atoms with E-state index in [9.17, 15) is 19.7 Å². The van der Waals surface area contributed by atoms with Gasteiger partial charge >= 0.3 is 0 Å². The number of nitrogens with one attached hydrogen (secondary N) is 2. The molecule has 0 aliphatic rings. The maximum atomic E-state index is 12.7. The van der Waals surface area contributed by atoms with Crippen molar-refractivity contribution < 1.29 is 14.5 Å². The van der Waals surface area contributed by atoms with Crippen molar-refractivity contribution in [2.45, 2.75) is 45.4 Å². The monoisotopic (exact) mass is 482 g/mol. The molecule has 3 rings (SSSR count). The molecule has 11 heteroatoms. The van der Waals surface area contributed by atoms with Crippen molar-refractivity contribution in [1.82, 2.24) is 20.1 Å². The van der Waals surface area contributed by atoms with Crippen molar-refractivity contribution in [3.8, 4) is 0 Å². The van der Waals surface area contributed by atoms with Crippen molar-refractivity contribution >= 4 is 35.0 Å². The van der Waals surface area contributed by atoms with Crippen molar-refractivity contribution in [2.24, 2.45) is 0 Å². The summed E-state index contributed by atoms with van der Waals surface area (Å²) in [6.07, 6.45) is 0. The Labute approximate surface area is 201 Å². The van der Waals surface area contributed by atoms with Crippen molar-refractivity contribution in [3.63, 3.8) is 0 Å². The van der Waals surface area contributed by atoms with Crippen LogP contribution in [-0.2, 0) is 11.3 Å². The average Bonchev–Trinajstić information content (AvgIpc) is 3.22. The molecule has 2 amide bonds. The first kappa shape index (κ1) is 24.9. The number of aryl methyl sites for hydroxylation is 2. The van der Waals surface area contributed by atoms with Crippen LogP contribution in [0.2, 0.25) is 0 Å². The highest BCUT2D eigenvalue weighted by Gasteiger charge is 2.21. The predicted molar refractivity (Wildman–Crippen MR) is 130 cm³/mol. The third kappa shape index (κ3) is 5.79. The Morgan fingerprint density at radius 2 is 1.88 bits per heavy atom. The van der Waals surface area contributed by atoms with E-state index in [4.69, 9.17) is 0 Å². The fraction of sp³-hybridized carbons (Fsp3) is 0.304. The Bertz CT molecular complexity index is 1230. The van der Waals surface area contributed by atoms with E-state index >= 15 is 0 Å². The Hall–Kier alpha value is -3.73. The van der Waals surface area contributed by atoms with Gasteiger partial charge in [-0.25, -0.2) is 0 Å². The molecule has 0 unspecified atom stereocenters. The van der Waals surface area contributed by atoms with Gasteiger partial charge in [0.25, 0.3) is 11.6 Å². The van der Waals surface area contributed by atoms with Gasteiger partial charge in [0.05, 0.1) is 16.7 Å². The number of non-ortho nitro benzene ring substituents is 1. The second-order valence-electron chi connectivity index (χ2n) is 7.69. The van der Waals surface area contributed by atoms with E-state index in [0.717, 1.165) is 5.56 Å². The smallest absolute Gasteiger partial charge is 0.269 e. The minimum Gasteiger partial charge on any atom is -0.342 e. The predicted octanol–water partition coefficient (Wildman–Crippen LogP) is 4.04. The summed E-state index contributed by atoms with van der Waals surface area (Å²) in [4.78, 5) is 35.5. The van der Waals surface area contributed by atoms with Gasteiger partial charge in [0.15, 0.2) is 11.0 Å². The second-order valence-corrected chi connectivity index (χ2v) is 8.63. The molecule has 2 aromatic carbocycles. The number of anilines is 1. The molecule has 34 heavy (non-hydrogen) atoms. The molecule has 1 heterocycles. The summed E-state index contributed by atoms with van der Waals surface area (Å²) >= 11 is 1.23. The number of carbonyl (C=O) groups excluding carboxylic acids is 2. The SMILES string of the molecule is CCn1c(SCC(=O)Nc2ccc([N+](=O)[O-])cc2C)nnc1[C@H](C)NC(=O)c1ccccc1C. The first-order valence-corrected chi connectivity index (χ1v) is 11.7.